The lowest BCUT2D eigenvalue weighted by Gasteiger charge is -2.31. The molecule has 0 saturated heterocycles. The van der Waals surface area contributed by atoms with E-state index < -0.39 is 17.9 Å². The molecule has 0 aliphatic carbocycles. The Balaban J connectivity index is 1.47. The SMILES string of the molecule is CCn1cc(C(F)(F)F)nc1-c1ccc([C@H](C)N2C(=O)CCn3nc(-c4c(Cl)cnn4C(C)C)nc32)cc1. The van der Waals surface area contributed by atoms with E-state index >= 15 is 0 Å². The maximum atomic E-state index is 13.2. The first kappa shape index (κ1) is 26.0. The van der Waals surface area contributed by atoms with Crippen LogP contribution in [0.3, 0.4) is 0 Å². The van der Waals surface area contributed by atoms with E-state index in [2.05, 4.69) is 20.2 Å². The first-order chi connectivity index (χ1) is 18.0. The maximum absolute atomic E-state index is 13.2. The van der Waals surface area contributed by atoms with Gasteiger partial charge in [0.1, 0.15) is 11.5 Å². The summed E-state index contributed by atoms with van der Waals surface area (Å²) in [6, 6.07) is 6.63. The number of fused-ring (bicyclic) bond motifs is 1. The molecule has 0 unspecified atom stereocenters. The van der Waals surface area contributed by atoms with Gasteiger partial charge in [0.15, 0.2) is 5.69 Å². The van der Waals surface area contributed by atoms with Gasteiger partial charge in [0.25, 0.3) is 0 Å². The Morgan fingerprint density at radius 3 is 2.45 bits per heavy atom. The van der Waals surface area contributed by atoms with Crippen molar-refractivity contribution >= 4 is 23.5 Å². The van der Waals surface area contributed by atoms with Crippen molar-refractivity contribution < 1.29 is 18.0 Å². The molecule has 4 heterocycles. The van der Waals surface area contributed by atoms with E-state index in [0.717, 1.165) is 11.8 Å². The topological polar surface area (TPSA) is 86.7 Å². The lowest BCUT2D eigenvalue weighted by Crippen LogP contribution is -2.39. The van der Waals surface area contributed by atoms with Gasteiger partial charge in [-0.25, -0.2) is 9.67 Å². The van der Waals surface area contributed by atoms with Crippen molar-refractivity contribution in [2.45, 2.75) is 65.5 Å². The number of benzene rings is 1. The van der Waals surface area contributed by atoms with Crippen molar-refractivity contribution in [2.75, 3.05) is 4.90 Å². The number of aryl methyl sites for hydroxylation is 2. The number of imidazole rings is 1. The minimum Gasteiger partial charge on any atom is -0.331 e. The van der Waals surface area contributed by atoms with Gasteiger partial charge in [-0.2, -0.15) is 23.3 Å². The number of hydrogen-bond acceptors (Lipinski definition) is 5. The summed E-state index contributed by atoms with van der Waals surface area (Å²) < 4.78 is 44.5. The van der Waals surface area contributed by atoms with Crippen LogP contribution < -0.4 is 4.90 Å². The fourth-order valence-electron chi connectivity index (χ4n) is 4.61. The van der Waals surface area contributed by atoms with Crippen LogP contribution in [0.25, 0.3) is 22.9 Å². The third-order valence-electron chi connectivity index (χ3n) is 6.57. The highest BCUT2D eigenvalue weighted by Gasteiger charge is 2.35. The first-order valence-corrected chi connectivity index (χ1v) is 12.6. The smallest absolute Gasteiger partial charge is 0.331 e. The molecule has 0 spiro atoms. The summed E-state index contributed by atoms with van der Waals surface area (Å²) >= 11 is 6.40. The number of carbonyl (C=O) groups excluding carboxylic acids is 1. The molecule has 0 bridgehead atoms. The fraction of sp³-hybridized carbons (Fsp3) is 0.400. The Labute approximate surface area is 221 Å². The highest BCUT2D eigenvalue weighted by molar-refractivity contribution is 6.32. The Morgan fingerprint density at radius 1 is 1.11 bits per heavy atom. The molecule has 9 nitrogen and oxygen atoms in total. The van der Waals surface area contributed by atoms with Crippen LogP contribution in [-0.2, 0) is 24.1 Å². The number of aromatic nitrogens is 7. The van der Waals surface area contributed by atoms with E-state index in [0.29, 0.717) is 41.1 Å². The number of nitrogens with zero attached hydrogens (tertiary/aromatic N) is 8. The van der Waals surface area contributed by atoms with Crippen molar-refractivity contribution in [2.24, 2.45) is 0 Å². The molecular weight excluding hydrogens is 521 g/mol. The molecule has 0 radical (unpaired) electrons. The average Bonchev–Trinajstić information content (AvgIpc) is 3.59. The highest BCUT2D eigenvalue weighted by atomic mass is 35.5. The predicted molar refractivity (Wildman–Crippen MR) is 135 cm³/mol. The van der Waals surface area contributed by atoms with Gasteiger partial charge >= 0.3 is 6.18 Å². The summed E-state index contributed by atoms with van der Waals surface area (Å²) in [7, 11) is 0. The van der Waals surface area contributed by atoms with Crippen LogP contribution in [0.15, 0.2) is 36.7 Å². The summed E-state index contributed by atoms with van der Waals surface area (Å²) in [4.78, 5) is 23.1. The van der Waals surface area contributed by atoms with Crippen LogP contribution in [0.5, 0.6) is 0 Å². The molecule has 3 aromatic heterocycles. The molecule has 0 N–H and O–H groups in total. The summed E-state index contributed by atoms with van der Waals surface area (Å²) in [5.41, 5.74) is 0.985. The van der Waals surface area contributed by atoms with Gasteiger partial charge in [-0.15, -0.1) is 5.10 Å². The van der Waals surface area contributed by atoms with Crippen LogP contribution in [0, 0.1) is 0 Å². The van der Waals surface area contributed by atoms with E-state index in [1.165, 1.54) is 4.57 Å². The number of rotatable bonds is 6. The van der Waals surface area contributed by atoms with Crippen LogP contribution in [0.4, 0.5) is 19.1 Å². The third kappa shape index (κ3) is 4.46. The zero-order chi connectivity index (χ0) is 27.4. The van der Waals surface area contributed by atoms with Gasteiger partial charge in [0.05, 0.1) is 23.8 Å². The van der Waals surface area contributed by atoms with Crippen molar-refractivity contribution in [3.8, 4) is 22.9 Å². The van der Waals surface area contributed by atoms with E-state index in [9.17, 15) is 18.0 Å². The van der Waals surface area contributed by atoms with Gasteiger partial charge < -0.3 is 4.57 Å². The van der Waals surface area contributed by atoms with Gasteiger partial charge in [-0.05, 0) is 33.3 Å². The molecule has 1 amide bonds. The largest absolute Gasteiger partial charge is 0.434 e. The number of hydrogen-bond donors (Lipinski definition) is 0. The maximum Gasteiger partial charge on any atom is 0.434 e. The Kier molecular flexibility index (Phi) is 6.54. The molecule has 5 rings (SSSR count). The molecule has 0 saturated carbocycles. The average molecular weight is 547 g/mol. The second kappa shape index (κ2) is 9.57. The van der Waals surface area contributed by atoms with E-state index in [-0.39, 0.29) is 24.2 Å². The first-order valence-electron chi connectivity index (χ1n) is 12.2. The fourth-order valence-corrected chi connectivity index (χ4v) is 4.83. The Bertz CT molecular complexity index is 1490. The van der Waals surface area contributed by atoms with E-state index in [1.54, 1.807) is 51.6 Å². The zero-order valence-corrected chi connectivity index (χ0v) is 22.0. The van der Waals surface area contributed by atoms with Gasteiger partial charge in [0.2, 0.25) is 17.7 Å². The van der Waals surface area contributed by atoms with Crippen LogP contribution in [0.2, 0.25) is 5.02 Å². The summed E-state index contributed by atoms with van der Waals surface area (Å²) in [6.45, 7) is 8.31. The molecule has 38 heavy (non-hydrogen) atoms. The monoisotopic (exact) mass is 546 g/mol. The minimum atomic E-state index is -4.52. The summed E-state index contributed by atoms with van der Waals surface area (Å²) in [5, 5.41) is 9.36. The van der Waals surface area contributed by atoms with Gasteiger partial charge in [0, 0.05) is 30.8 Å². The summed E-state index contributed by atoms with van der Waals surface area (Å²) in [5.74, 6) is 0.908. The molecule has 1 atom stereocenters. The van der Waals surface area contributed by atoms with Gasteiger partial charge in [-0.3, -0.25) is 14.4 Å². The number of halogens is 4. The summed E-state index contributed by atoms with van der Waals surface area (Å²) in [6.07, 6.45) is -1.71. The second-order valence-electron chi connectivity index (χ2n) is 9.38. The van der Waals surface area contributed by atoms with Gasteiger partial charge in [-0.1, -0.05) is 35.9 Å². The van der Waals surface area contributed by atoms with Crippen molar-refractivity contribution in [3.63, 3.8) is 0 Å². The van der Waals surface area contributed by atoms with Crippen molar-refractivity contribution in [3.05, 3.63) is 52.9 Å². The zero-order valence-electron chi connectivity index (χ0n) is 21.2. The van der Waals surface area contributed by atoms with E-state index in [1.807, 2.05) is 20.8 Å². The third-order valence-corrected chi connectivity index (χ3v) is 6.85. The quantitative estimate of drug-likeness (QED) is 0.306. The number of alkyl halides is 3. The lowest BCUT2D eigenvalue weighted by molar-refractivity contribution is -0.140. The lowest BCUT2D eigenvalue weighted by atomic mass is 10.0. The van der Waals surface area contributed by atoms with E-state index in [4.69, 9.17) is 11.6 Å². The molecule has 1 aromatic carbocycles. The number of amides is 1. The highest BCUT2D eigenvalue weighted by Crippen LogP contribution is 2.35. The molecule has 4 aromatic rings. The molecule has 13 heteroatoms. The molecule has 1 aliphatic heterocycles. The normalized spacial score (nSPS) is 14.9. The van der Waals surface area contributed by atoms with Crippen LogP contribution in [0.1, 0.15) is 57.5 Å². The standard InChI is InChI=1S/C25H26ClF3N8O/c1-5-34-13-19(25(27,28)29)31-23(34)17-8-6-16(7-9-17)15(4)36-20(38)10-11-35-24(36)32-22(33-35)21-18(26)12-30-37(21)14(2)3/h6-9,12-15H,5,10-11H2,1-4H3/t15-/m0/s1. The number of carbonyl (C=O) groups is 1. The Hall–Kier alpha value is -3.67. The number of anilines is 1. The van der Waals surface area contributed by atoms with Crippen molar-refractivity contribution in [1.82, 2.24) is 34.1 Å². The molecule has 0 fully saturated rings. The molecular formula is C25H26ClF3N8O. The predicted octanol–water partition coefficient (Wildman–Crippen LogP) is 5.78. The second-order valence-corrected chi connectivity index (χ2v) is 9.79. The molecule has 1 aliphatic rings. The minimum absolute atomic E-state index is 0.0312. The van der Waals surface area contributed by atoms with Crippen LogP contribution in [-0.4, -0.2) is 40.0 Å². The van der Waals surface area contributed by atoms with Crippen LogP contribution >= 0.6 is 11.6 Å². The van der Waals surface area contributed by atoms with Crippen molar-refractivity contribution in [1.29, 1.82) is 0 Å². The molecule has 200 valence electrons. The Morgan fingerprint density at radius 2 is 1.82 bits per heavy atom.